The van der Waals surface area contributed by atoms with Gasteiger partial charge < -0.3 is 25.0 Å². The summed E-state index contributed by atoms with van der Waals surface area (Å²) in [7, 11) is 1.57. The standard InChI is InChI=1S/C30H31N3O4/c1-20(31-28(35)26-24-13-6-7-14-25(24)32(2)29(36)27(26)34)21-9-8-12-23(19-21)33-17-15-30(37,16-18-33)22-10-4-3-5-11-22/h3-14,19-20,34,37H,15-18H2,1-2H3,(H,31,35)/t20-/m1/s1. The molecule has 0 bridgehead atoms. The molecule has 1 saturated heterocycles. The van der Waals surface area contributed by atoms with Crippen LogP contribution in [-0.4, -0.2) is 33.8 Å². The monoisotopic (exact) mass is 497 g/mol. The van der Waals surface area contributed by atoms with Crippen molar-refractivity contribution in [1.82, 2.24) is 9.88 Å². The van der Waals surface area contributed by atoms with Gasteiger partial charge in [-0.1, -0.05) is 60.7 Å². The zero-order valence-corrected chi connectivity index (χ0v) is 21.0. The van der Waals surface area contributed by atoms with Crippen LogP contribution in [-0.2, 0) is 12.6 Å². The fourth-order valence-corrected chi connectivity index (χ4v) is 5.22. The molecule has 0 unspecified atom stereocenters. The SMILES string of the molecule is C[C@@H](NC(=O)c1c(O)c(=O)n(C)c2ccccc12)c1cccc(N2CCC(O)(c3ccccc3)CC2)c1. The lowest BCUT2D eigenvalue weighted by molar-refractivity contribution is 0.0118. The van der Waals surface area contributed by atoms with E-state index in [1.807, 2.05) is 61.5 Å². The van der Waals surface area contributed by atoms with Gasteiger partial charge in [-0.25, -0.2) is 0 Å². The van der Waals surface area contributed by atoms with Crippen molar-refractivity contribution < 1.29 is 15.0 Å². The minimum absolute atomic E-state index is 0.0158. The van der Waals surface area contributed by atoms with Gasteiger partial charge in [0, 0.05) is 31.2 Å². The third-order valence-electron chi connectivity index (χ3n) is 7.49. The summed E-state index contributed by atoms with van der Waals surface area (Å²) in [6.45, 7) is 3.30. The average molecular weight is 498 g/mol. The van der Waals surface area contributed by atoms with Gasteiger partial charge in [0.2, 0.25) is 0 Å². The molecule has 0 saturated carbocycles. The first-order valence-corrected chi connectivity index (χ1v) is 12.5. The number of aliphatic hydroxyl groups is 1. The first kappa shape index (κ1) is 24.6. The fraction of sp³-hybridized carbons (Fsp3) is 0.267. The van der Waals surface area contributed by atoms with Gasteiger partial charge in [0.1, 0.15) is 0 Å². The number of para-hydroxylation sites is 1. The molecule has 190 valence electrons. The summed E-state index contributed by atoms with van der Waals surface area (Å²) in [4.78, 5) is 28.0. The summed E-state index contributed by atoms with van der Waals surface area (Å²) >= 11 is 0. The molecule has 0 radical (unpaired) electrons. The fourth-order valence-electron chi connectivity index (χ4n) is 5.22. The van der Waals surface area contributed by atoms with Crippen molar-refractivity contribution in [1.29, 1.82) is 0 Å². The van der Waals surface area contributed by atoms with Crippen molar-refractivity contribution in [2.45, 2.75) is 31.4 Å². The Hall–Kier alpha value is -4.10. The third kappa shape index (κ3) is 4.58. The third-order valence-corrected chi connectivity index (χ3v) is 7.49. The molecule has 37 heavy (non-hydrogen) atoms. The van der Waals surface area contributed by atoms with Crippen LogP contribution in [0.4, 0.5) is 5.69 Å². The number of aromatic hydroxyl groups is 1. The van der Waals surface area contributed by atoms with Crippen molar-refractivity contribution in [3.8, 4) is 5.75 Å². The molecule has 7 nitrogen and oxygen atoms in total. The van der Waals surface area contributed by atoms with Crippen LogP contribution >= 0.6 is 0 Å². The first-order chi connectivity index (χ1) is 17.8. The second-order valence-corrected chi connectivity index (χ2v) is 9.78. The lowest BCUT2D eigenvalue weighted by atomic mass is 9.84. The number of amides is 1. The van der Waals surface area contributed by atoms with E-state index in [2.05, 4.69) is 10.2 Å². The summed E-state index contributed by atoms with van der Waals surface area (Å²) in [5, 5.41) is 25.2. The molecule has 1 fully saturated rings. The second-order valence-electron chi connectivity index (χ2n) is 9.78. The highest BCUT2D eigenvalue weighted by atomic mass is 16.3. The molecular weight excluding hydrogens is 466 g/mol. The minimum atomic E-state index is -0.825. The zero-order valence-electron chi connectivity index (χ0n) is 21.0. The summed E-state index contributed by atoms with van der Waals surface area (Å²) in [6, 6.07) is 24.5. The van der Waals surface area contributed by atoms with Crippen molar-refractivity contribution in [2.24, 2.45) is 7.05 Å². The summed E-state index contributed by atoms with van der Waals surface area (Å²) in [5.41, 5.74) is 2.00. The topological polar surface area (TPSA) is 94.8 Å². The second kappa shape index (κ2) is 9.75. The number of aromatic nitrogens is 1. The number of piperidine rings is 1. The maximum absolute atomic E-state index is 13.3. The number of hydrogen-bond donors (Lipinski definition) is 3. The van der Waals surface area contributed by atoms with E-state index >= 15 is 0 Å². The first-order valence-electron chi connectivity index (χ1n) is 12.5. The average Bonchev–Trinajstić information content (AvgIpc) is 2.93. The highest BCUT2D eigenvalue weighted by molar-refractivity contribution is 6.08. The van der Waals surface area contributed by atoms with E-state index in [1.165, 1.54) is 4.57 Å². The van der Waals surface area contributed by atoms with Crippen LogP contribution < -0.4 is 15.8 Å². The molecule has 1 aliphatic heterocycles. The minimum Gasteiger partial charge on any atom is -0.502 e. The molecular formula is C30H31N3O4. The molecule has 3 aromatic carbocycles. The van der Waals surface area contributed by atoms with Crippen LogP contribution in [0, 0.1) is 0 Å². The molecule has 5 rings (SSSR count). The van der Waals surface area contributed by atoms with E-state index in [0.29, 0.717) is 36.8 Å². The molecule has 1 amide bonds. The van der Waals surface area contributed by atoms with Gasteiger partial charge in [-0.05, 0) is 49.1 Å². The number of benzene rings is 3. The maximum Gasteiger partial charge on any atom is 0.293 e. The highest BCUT2D eigenvalue weighted by Gasteiger charge is 2.34. The number of anilines is 1. The smallest absolute Gasteiger partial charge is 0.293 e. The Labute approximate surface area is 215 Å². The molecule has 7 heteroatoms. The molecule has 4 aromatic rings. The number of aryl methyl sites for hydroxylation is 1. The lowest BCUT2D eigenvalue weighted by Gasteiger charge is -2.39. The van der Waals surface area contributed by atoms with Gasteiger partial charge >= 0.3 is 0 Å². The lowest BCUT2D eigenvalue weighted by Crippen LogP contribution is -2.42. The molecule has 0 spiro atoms. The van der Waals surface area contributed by atoms with Crippen molar-refractivity contribution in [3.05, 3.63) is 106 Å². The predicted octanol–water partition coefficient (Wildman–Crippen LogP) is 4.22. The molecule has 1 aliphatic rings. The van der Waals surface area contributed by atoms with E-state index in [-0.39, 0.29) is 11.6 Å². The number of fused-ring (bicyclic) bond motifs is 1. The Kier molecular flexibility index (Phi) is 6.48. The van der Waals surface area contributed by atoms with Crippen molar-refractivity contribution in [3.63, 3.8) is 0 Å². The van der Waals surface area contributed by atoms with Crippen LogP contribution in [0.1, 0.15) is 47.3 Å². The molecule has 0 aliphatic carbocycles. The van der Waals surface area contributed by atoms with E-state index in [9.17, 15) is 19.8 Å². The summed E-state index contributed by atoms with van der Waals surface area (Å²) in [6.07, 6.45) is 1.26. The van der Waals surface area contributed by atoms with Gasteiger partial charge in [-0.15, -0.1) is 0 Å². The van der Waals surface area contributed by atoms with Gasteiger partial charge in [0.25, 0.3) is 11.5 Å². The van der Waals surface area contributed by atoms with E-state index in [1.54, 1.807) is 31.3 Å². The van der Waals surface area contributed by atoms with Gasteiger partial charge in [-0.2, -0.15) is 0 Å². The number of carbonyl (C=O) groups is 1. The molecule has 2 heterocycles. The molecule has 3 N–H and O–H groups in total. The Morgan fingerprint density at radius 2 is 1.65 bits per heavy atom. The van der Waals surface area contributed by atoms with Crippen molar-refractivity contribution in [2.75, 3.05) is 18.0 Å². The van der Waals surface area contributed by atoms with E-state index < -0.39 is 22.8 Å². The van der Waals surface area contributed by atoms with Crippen LogP contribution in [0.3, 0.4) is 0 Å². The van der Waals surface area contributed by atoms with Crippen molar-refractivity contribution >= 4 is 22.5 Å². The number of nitrogens with zero attached hydrogens (tertiary/aromatic N) is 2. The molecule has 1 atom stereocenters. The van der Waals surface area contributed by atoms with Crippen LogP contribution in [0.15, 0.2) is 83.7 Å². The zero-order chi connectivity index (χ0) is 26.2. The number of pyridine rings is 1. The summed E-state index contributed by atoms with van der Waals surface area (Å²) < 4.78 is 1.34. The number of nitrogens with one attached hydrogen (secondary N) is 1. The van der Waals surface area contributed by atoms with E-state index in [4.69, 9.17) is 0 Å². The Morgan fingerprint density at radius 1 is 0.973 bits per heavy atom. The quantitative estimate of drug-likeness (QED) is 0.384. The Morgan fingerprint density at radius 3 is 2.38 bits per heavy atom. The largest absolute Gasteiger partial charge is 0.502 e. The van der Waals surface area contributed by atoms with Gasteiger partial charge in [-0.3, -0.25) is 9.59 Å². The number of carbonyl (C=O) groups excluding carboxylic acids is 1. The molecule has 1 aromatic heterocycles. The highest BCUT2D eigenvalue weighted by Crippen LogP contribution is 2.35. The normalized spacial score (nSPS) is 15.9. The van der Waals surface area contributed by atoms with Crippen LogP contribution in [0.2, 0.25) is 0 Å². The van der Waals surface area contributed by atoms with Crippen LogP contribution in [0.25, 0.3) is 10.9 Å². The predicted molar refractivity (Wildman–Crippen MR) is 145 cm³/mol. The maximum atomic E-state index is 13.3. The number of hydrogen-bond acceptors (Lipinski definition) is 5. The Balaban J connectivity index is 1.33. The van der Waals surface area contributed by atoms with E-state index in [0.717, 1.165) is 16.8 Å². The van der Waals surface area contributed by atoms with Crippen LogP contribution in [0.5, 0.6) is 5.75 Å². The summed E-state index contributed by atoms with van der Waals surface area (Å²) in [5.74, 6) is -1.06. The Bertz CT molecular complexity index is 1500. The van der Waals surface area contributed by atoms with Gasteiger partial charge in [0.05, 0.1) is 22.7 Å². The van der Waals surface area contributed by atoms with Gasteiger partial charge in [0.15, 0.2) is 5.75 Å². The number of rotatable bonds is 5.